The minimum absolute atomic E-state index is 0.122. The van der Waals surface area contributed by atoms with Gasteiger partial charge in [0.2, 0.25) is 0 Å². The first-order valence-corrected chi connectivity index (χ1v) is 9.56. The molecule has 0 aromatic carbocycles. The average molecular weight is 311 g/mol. The van der Waals surface area contributed by atoms with E-state index in [-0.39, 0.29) is 12.2 Å². The molecule has 0 bridgehead atoms. The van der Waals surface area contributed by atoms with Crippen LogP contribution in [-0.4, -0.2) is 22.4 Å². The van der Waals surface area contributed by atoms with Crippen molar-refractivity contribution < 1.29 is 10.2 Å². The Hall–Kier alpha value is -0.0800. The lowest BCUT2D eigenvalue weighted by molar-refractivity contribution is -0.0765. The van der Waals surface area contributed by atoms with Gasteiger partial charge in [0.1, 0.15) is 0 Å². The summed E-state index contributed by atoms with van der Waals surface area (Å²) in [6.07, 6.45) is 5.63. The van der Waals surface area contributed by atoms with Gasteiger partial charge in [-0.05, 0) is 66.6 Å². The van der Waals surface area contributed by atoms with Gasteiger partial charge in [0.15, 0.2) is 0 Å². The van der Waals surface area contributed by atoms with E-state index >= 15 is 0 Å². The highest BCUT2D eigenvalue weighted by molar-refractivity contribution is 4.97. The number of aliphatic hydroxyl groups excluding tert-OH is 2. The summed E-state index contributed by atoms with van der Waals surface area (Å²) < 4.78 is 0. The molecule has 4 unspecified atom stereocenters. The fraction of sp³-hybridized carbons (Fsp3) is 1.00. The van der Waals surface area contributed by atoms with E-state index in [0.29, 0.717) is 40.9 Å². The predicted molar refractivity (Wildman–Crippen MR) is 92.5 cm³/mol. The quantitative estimate of drug-likeness (QED) is 0.806. The van der Waals surface area contributed by atoms with Crippen LogP contribution in [0.2, 0.25) is 0 Å². The van der Waals surface area contributed by atoms with Crippen LogP contribution in [0.25, 0.3) is 0 Å². The summed E-state index contributed by atoms with van der Waals surface area (Å²) in [5, 5.41) is 20.6. The lowest BCUT2D eigenvalue weighted by Crippen LogP contribution is -2.47. The molecule has 2 rings (SSSR count). The molecule has 2 N–H and O–H groups in total. The Kier molecular flexibility index (Phi) is 5.65. The molecule has 2 saturated carbocycles. The first-order valence-electron chi connectivity index (χ1n) is 9.56. The first kappa shape index (κ1) is 18.3. The number of hydrogen-bond donors (Lipinski definition) is 2. The summed E-state index contributed by atoms with van der Waals surface area (Å²) in [7, 11) is 0. The Labute approximate surface area is 137 Å². The molecular weight excluding hydrogens is 272 g/mol. The molecule has 0 saturated heterocycles. The van der Waals surface area contributed by atoms with Crippen LogP contribution in [0.15, 0.2) is 0 Å². The SMILES string of the molecule is CCC(C)(C1CC(C)C(O)C(C)C1)C1CC(C)C(O)C(C)C1. The maximum absolute atomic E-state index is 10.3. The molecule has 2 aliphatic carbocycles. The van der Waals surface area contributed by atoms with Gasteiger partial charge in [-0.2, -0.15) is 0 Å². The van der Waals surface area contributed by atoms with Crippen LogP contribution < -0.4 is 0 Å². The maximum Gasteiger partial charge on any atom is 0.0591 e. The number of aliphatic hydroxyl groups is 2. The molecule has 0 heterocycles. The smallest absolute Gasteiger partial charge is 0.0591 e. The highest BCUT2D eigenvalue weighted by Gasteiger charge is 2.47. The van der Waals surface area contributed by atoms with E-state index in [1.165, 1.54) is 6.42 Å². The van der Waals surface area contributed by atoms with Gasteiger partial charge in [0.05, 0.1) is 12.2 Å². The Morgan fingerprint density at radius 2 is 1.00 bits per heavy atom. The van der Waals surface area contributed by atoms with Gasteiger partial charge in [0.25, 0.3) is 0 Å². The summed E-state index contributed by atoms with van der Waals surface area (Å²) >= 11 is 0. The third kappa shape index (κ3) is 3.24. The molecule has 130 valence electrons. The first-order chi connectivity index (χ1) is 10.2. The van der Waals surface area contributed by atoms with Crippen molar-refractivity contribution in [3.8, 4) is 0 Å². The number of hydrogen-bond acceptors (Lipinski definition) is 2. The molecule has 0 spiro atoms. The van der Waals surface area contributed by atoms with E-state index in [4.69, 9.17) is 0 Å². The second kappa shape index (κ2) is 6.81. The fourth-order valence-electron chi connectivity index (χ4n) is 5.65. The highest BCUT2D eigenvalue weighted by Crippen LogP contribution is 2.54. The third-order valence-corrected chi connectivity index (χ3v) is 7.58. The largest absolute Gasteiger partial charge is 0.393 e. The van der Waals surface area contributed by atoms with E-state index < -0.39 is 0 Å². The van der Waals surface area contributed by atoms with Crippen LogP contribution >= 0.6 is 0 Å². The molecule has 2 heteroatoms. The van der Waals surface area contributed by atoms with Crippen molar-refractivity contribution in [3.63, 3.8) is 0 Å². The minimum Gasteiger partial charge on any atom is -0.393 e. The van der Waals surface area contributed by atoms with E-state index in [0.717, 1.165) is 25.7 Å². The Morgan fingerprint density at radius 3 is 1.23 bits per heavy atom. The Morgan fingerprint density at radius 1 is 0.727 bits per heavy atom. The Balaban J connectivity index is 2.17. The second-order valence-electron chi connectivity index (χ2n) is 9.09. The van der Waals surface area contributed by atoms with E-state index in [9.17, 15) is 10.2 Å². The zero-order chi connectivity index (χ0) is 16.7. The van der Waals surface area contributed by atoms with Crippen molar-refractivity contribution in [2.45, 2.75) is 85.9 Å². The molecule has 0 aromatic rings. The molecular formula is C20H38O2. The van der Waals surface area contributed by atoms with Crippen molar-refractivity contribution in [2.75, 3.05) is 0 Å². The molecule has 22 heavy (non-hydrogen) atoms. The number of rotatable bonds is 3. The predicted octanol–water partition coefficient (Wildman–Crippen LogP) is 4.49. The third-order valence-electron chi connectivity index (χ3n) is 7.58. The van der Waals surface area contributed by atoms with Crippen molar-refractivity contribution in [1.82, 2.24) is 0 Å². The standard InChI is InChI=1S/C20H38O2/c1-7-20(6,16-8-12(2)18(21)13(3)9-16)17-10-14(4)19(22)15(5)11-17/h12-19,21-22H,7-11H2,1-6H3. The van der Waals surface area contributed by atoms with Gasteiger partial charge in [-0.25, -0.2) is 0 Å². The lowest BCUT2D eigenvalue weighted by Gasteiger charge is -2.52. The monoisotopic (exact) mass is 310 g/mol. The van der Waals surface area contributed by atoms with E-state index in [2.05, 4.69) is 41.5 Å². The topological polar surface area (TPSA) is 40.5 Å². The van der Waals surface area contributed by atoms with Crippen LogP contribution in [0.3, 0.4) is 0 Å². The summed E-state index contributed by atoms with van der Waals surface area (Å²) in [5.74, 6) is 3.11. The summed E-state index contributed by atoms with van der Waals surface area (Å²) in [6.45, 7) is 13.7. The molecule has 0 amide bonds. The van der Waals surface area contributed by atoms with E-state index in [1.807, 2.05) is 0 Å². The van der Waals surface area contributed by atoms with Gasteiger partial charge in [-0.3, -0.25) is 0 Å². The van der Waals surface area contributed by atoms with Gasteiger partial charge < -0.3 is 10.2 Å². The molecule has 2 fully saturated rings. The Bertz CT molecular complexity index is 313. The van der Waals surface area contributed by atoms with Crippen molar-refractivity contribution in [2.24, 2.45) is 40.9 Å². The van der Waals surface area contributed by atoms with Crippen molar-refractivity contribution in [3.05, 3.63) is 0 Å². The molecule has 2 nitrogen and oxygen atoms in total. The second-order valence-corrected chi connectivity index (χ2v) is 9.09. The minimum atomic E-state index is -0.122. The summed E-state index contributed by atoms with van der Waals surface area (Å²) in [6, 6.07) is 0. The molecule has 0 aliphatic heterocycles. The average Bonchev–Trinajstić information content (AvgIpc) is 2.48. The summed E-state index contributed by atoms with van der Waals surface area (Å²) in [5.41, 5.74) is 0.352. The van der Waals surface area contributed by atoms with Crippen LogP contribution in [-0.2, 0) is 0 Å². The van der Waals surface area contributed by atoms with Crippen LogP contribution in [0, 0.1) is 40.9 Å². The van der Waals surface area contributed by atoms with Gasteiger partial charge in [-0.15, -0.1) is 0 Å². The molecule has 0 aromatic heterocycles. The van der Waals surface area contributed by atoms with Gasteiger partial charge >= 0.3 is 0 Å². The van der Waals surface area contributed by atoms with Gasteiger partial charge in [-0.1, -0.05) is 48.0 Å². The van der Waals surface area contributed by atoms with Crippen LogP contribution in [0.1, 0.15) is 73.6 Å². The lowest BCUT2D eigenvalue weighted by atomic mass is 9.54. The zero-order valence-corrected chi connectivity index (χ0v) is 15.5. The van der Waals surface area contributed by atoms with E-state index in [1.54, 1.807) is 0 Å². The molecule has 2 aliphatic rings. The van der Waals surface area contributed by atoms with Crippen molar-refractivity contribution in [1.29, 1.82) is 0 Å². The zero-order valence-electron chi connectivity index (χ0n) is 15.5. The highest BCUT2D eigenvalue weighted by atomic mass is 16.3. The maximum atomic E-state index is 10.3. The molecule has 4 atom stereocenters. The van der Waals surface area contributed by atoms with Crippen molar-refractivity contribution >= 4 is 0 Å². The van der Waals surface area contributed by atoms with Crippen LogP contribution in [0.5, 0.6) is 0 Å². The van der Waals surface area contributed by atoms with Gasteiger partial charge in [0, 0.05) is 0 Å². The normalized spacial score (nSPS) is 49.6. The summed E-state index contributed by atoms with van der Waals surface area (Å²) in [4.78, 5) is 0. The molecule has 0 radical (unpaired) electrons. The van der Waals surface area contributed by atoms with Crippen LogP contribution in [0.4, 0.5) is 0 Å². The fourth-order valence-corrected chi connectivity index (χ4v) is 5.65.